The molecule has 3 aliphatic rings. The molecule has 238 valence electrons. The lowest BCUT2D eigenvalue weighted by molar-refractivity contribution is -0.137. The van der Waals surface area contributed by atoms with Crippen LogP contribution in [-0.4, -0.2) is 78.1 Å². The predicted molar refractivity (Wildman–Crippen MR) is 164 cm³/mol. The molecule has 1 aromatic heterocycles. The third-order valence-corrected chi connectivity index (χ3v) is 8.76. The van der Waals surface area contributed by atoms with Gasteiger partial charge in [0.1, 0.15) is 17.1 Å². The monoisotopic (exact) mass is 624 g/mol. The molecule has 45 heavy (non-hydrogen) atoms. The van der Waals surface area contributed by atoms with E-state index in [4.69, 9.17) is 4.74 Å². The minimum atomic E-state index is -4.70. The number of alkyl halides is 3. The highest BCUT2D eigenvalue weighted by Crippen LogP contribution is 2.41. The zero-order valence-electron chi connectivity index (χ0n) is 25.6. The molecule has 0 aliphatic carbocycles. The largest absolute Gasteiger partial charge is 0.494 e. The first-order valence-corrected chi connectivity index (χ1v) is 14.6. The summed E-state index contributed by atoms with van der Waals surface area (Å²) in [5.41, 5.74) is 1.61. The summed E-state index contributed by atoms with van der Waals surface area (Å²) in [6.07, 6.45) is -3.07. The molecule has 3 N–H and O–H groups in total. The van der Waals surface area contributed by atoms with Crippen molar-refractivity contribution >= 4 is 40.8 Å². The van der Waals surface area contributed by atoms with Crippen LogP contribution in [0.15, 0.2) is 42.6 Å². The maximum absolute atomic E-state index is 14.0. The second-order valence-corrected chi connectivity index (χ2v) is 12.3. The summed E-state index contributed by atoms with van der Waals surface area (Å²) in [7, 11) is 5.01. The number of carbonyl (C=O) groups excluding carboxylic acids is 2. The third kappa shape index (κ3) is 5.42. The molecular weight excluding hydrogens is 589 g/mol. The number of methoxy groups -OCH3 is 1. The number of nitrogens with one attached hydrogen (secondary N) is 3. The highest BCUT2D eigenvalue weighted by atomic mass is 19.4. The Morgan fingerprint density at radius 3 is 2.62 bits per heavy atom. The normalized spacial score (nSPS) is 19.8. The van der Waals surface area contributed by atoms with Gasteiger partial charge in [0.25, 0.3) is 0 Å². The van der Waals surface area contributed by atoms with Crippen molar-refractivity contribution in [3.8, 4) is 5.75 Å². The number of amides is 3. The number of halogens is 3. The minimum Gasteiger partial charge on any atom is -0.494 e. The summed E-state index contributed by atoms with van der Waals surface area (Å²) in [6.45, 7) is 4.89. The second-order valence-electron chi connectivity index (χ2n) is 12.3. The number of rotatable bonds is 7. The molecule has 14 heteroatoms. The van der Waals surface area contributed by atoms with E-state index in [1.54, 1.807) is 57.1 Å². The SMILES string of the molecule is COc1cc(N2CC3CC2CN3C(=O)N(C)C)ccc1Nc1ncc(C(F)(F)F)c(NCc2cccc3c2C(C)(C)C(=O)N3)n1. The number of likely N-dealkylation sites (tertiary alicyclic amines) is 1. The highest BCUT2D eigenvalue weighted by molar-refractivity contribution is 6.06. The van der Waals surface area contributed by atoms with Crippen LogP contribution in [0.25, 0.3) is 0 Å². The number of aromatic nitrogens is 2. The van der Waals surface area contributed by atoms with Gasteiger partial charge in [-0.3, -0.25) is 4.79 Å². The summed E-state index contributed by atoms with van der Waals surface area (Å²) < 4.78 is 47.5. The van der Waals surface area contributed by atoms with Crippen LogP contribution in [0.4, 0.5) is 46.8 Å². The van der Waals surface area contributed by atoms with Crippen molar-refractivity contribution in [2.24, 2.45) is 0 Å². The number of piperazine rings is 1. The quantitative estimate of drug-likeness (QED) is 0.335. The van der Waals surface area contributed by atoms with Crippen molar-refractivity contribution < 1.29 is 27.5 Å². The third-order valence-electron chi connectivity index (χ3n) is 8.76. The van der Waals surface area contributed by atoms with Crippen LogP contribution in [0, 0.1) is 0 Å². The second kappa shape index (κ2) is 11.0. The molecule has 3 aliphatic heterocycles. The molecule has 0 spiro atoms. The Labute approximate surface area is 258 Å². The molecule has 4 heterocycles. The Bertz CT molecular complexity index is 1660. The lowest BCUT2D eigenvalue weighted by Crippen LogP contribution is -2.51. The number of ether oxygens (including phenoxy) is 1. The molecule has 2 atom stereocenters. The van der Waals surface area contributed by atoms with Crippen LogP contribution >= 0.6 is 0 Å². The van der Waals surface area contributed by atoms with Crippen LogP contribution in [-0.2, 0) is 22.9 Å². The van der Waals surface area contributed by atoms with Gasteiger partial charge in [0.2, 0.25) is 11.9 Å². The van der Waals surface area contributed by atoms with Crippen molar-refractivity contribution in [2.75, 3.05) is 55.1 Å². The number of carbonyl (C=O) groups is 2. The van der Waals surface area contributed by atoms with Crippen LogP contribution < -0.4 is 25.6 Å². The Morgan fingerprint density at radius 2 is 1.96 bits per heavy atom. The fraction of sp³-hybridized carbons (Fsp3) is 0.419. The molecule has 11 nitrogen and oxygen atoms in total. The Kier molecular flexibility index (Phi) is 7.40. The summed E-state index contributed by atoms with van der Waals surface area (Å²) in [5.74, 6) is -0.153. The molecule has 0 saturated carbocycles. The molecular formula is C31H35F3N8O3. The van der Waals surface area contributed by atoms with Gasteiger partial charge in [-0.25, -0.2) is 9.78 Å². The van der Waals surface area contributed by atoms with Crippen molar-refractivity contribution in [2.45, 2.75) is 50.5 Å². The highest BCUT2D eigenvalue weighted by Gasteiger charge is 2.46. The molecule has 0 radical (unpaired) electrons. The van der Waals surface area contributed by atoms with E-state index in [0.717, 1.165) is 23.9 Å². The maximum Gasteiger partial charge on any atom is 0.421 e. The van der Waals surface area contributed by atoms with E-state index in [9.17, 15) is 22.8 Å². The van der Waals surface area contributed by atoms with Crippen LogP contribution in [0.5, 0.6) is 5.75 Å². The zero-order valence-corrected chi connectivity index (χ0v) is 25.6. The van der Waals surface area contributed by atoms with Gasteiger partial charge in [0.05, 0.1) is 24.3 Å². The smallest absolute Gasteiger partial charge is 0.421 e. The van der Waals surface area contributed by atoms with Gasteiger partial charge in [0.15, 0.2) is 0 Å². The molecule has 2 fully saturated rings. The van der Waals surface area contributed by atoms with Crippen LogP contribution in [0.1, 0.15) is 37.0 Å². The van der Waals surface area contributed by atoms with Crippen molar-refractivity contribution in [1.82, 2.24) is 19.8 Å². The standard InChI is InChI=1S/C31H35F3N8O3/c1-30(2)25-17(7-6-8-23(25)37-27(30)43)13-35-26-21(31(32,33)34)14-36-28(39-26)38-22-10-9-18(12-24(22)45-5)41-15-20-11-19(41)16-42(20)29(44)40(3)4/h6-10,12,14,19-20H,11,13,15-16H2,1-5H3,(H,37,43)(H2,35,36,38,39). The van der Waals surface area contributed by atoms with Gasteiger partial charge in [-0.2, -0.15) is 18.2 Å². The molecule has 2 saturated heterocycles. The molecule has 6 rings (SSSR count). The van der Waals surface area contributed by atoms with Crippen LogP contribution in [0.2, 0.25) is 0 Å². The van der Waals surface area contributed by atoms with E-state index in [2.05, 4.69) is 30.8 Å². The predicted octanol–water partition coefficient (Wildman–Crippen LogP) is 5.03. The van der Waals surface area contributed by atoms with Gasteiger partial charge < -0.3 is 35.4 Å². The van der Waals surface area contributed by atoms with Gasteiger partial charge in [-0.15, -0.1) is 0 Å². The zero-order chi connectivity index (χ0) is 32.3. The summed E-state index contributed by atoms with van der Waals surface area (Å²) in [5, 5.41) is 8.67. The molecule has 2 aromatic carbocycles. The Morgan fingerprint density at radius 1 is 1.18 bits per heavy atom. The first kappa shape index (κ1) is 30.3. The van der Waals surface area contributed by atoms with Gasteiger partial charge in [-0.05, 0) is 49.6 Å². The molecule has 2 bridgehead atoms. The van der Waals surface area contributed by atoms with E-state index in [0.29, 0.717) is 35.8 Å². The Hall–Kier alpha value is -4.75. The molecule has 3 amide bonds. The summed E-state index contributed by atoms with van der Waals surface area (Å²) in [4.78, 5) is 38.9. The van der Waals surface area contributed by atoms with Crippen molar-refractivity contribution in [3.05, 3.63) is 59.3 Å². The number of hydrogen-bond acceptors (Lipinski definition) is 8. The fourth-order valence-electron chi connectivity index (χ4n) is 6.50. The topological polar surface area (TPSA) is 115 Å². The average Bonchev–Trinajstić information content (AvgIpc) is 3.67. The molecule has 2 unspecified atom stereocenters. The Balaban J connectivity index is 1.22. The number of anilines is 5. The summed E-state index contributed by atoms with van der Waals surface area (Å²) >= 11 is 0. The van der Waals surface area contributed by atoms with Gasteiger partial charge in [-0.1, -0.05) is 12.1 Å². The van der Waals surface area contributed by atoms with E-state index in [1.165, 1.54) is 7.11 Å². The average molecular weight is 625 g/mol. The lowest BCUT2D eigenvalue weighted by atomic mass is 9.83. The number of fused-ring (bicyclic) bond motifs is 3. The number of urea groups is 1. The van der Waals surface area contributed by atoms with E-state index >= 15 is 0 Å². The summed E-state index contributed by atoms with van der Waals surface area (Å²) in [6, 6.07) is 11.1. The van der Waals surface area contributed by atoms with Gasteiger partial charge >= 0.3 is 12.2 Å². The number of hydrogen-bond donors (Lipinski definition) is 3. The van der Waals surface area contributed by atoms with E-state index in [-0.39, 0.29) is 36.5 Å². The van der Waals surface area contributed by atoms with Crippen LogP contribution in [0.3, 0.4) is 0 Å². The minimum absolute atomic E-state index is 0.00769. The first-order valence-electron chi connectivity index (χ1n) is 14.6. The fourth-order valence-corrected chi connectivity index (χ4v) is 6.50. The maximum atomic E-state index is 14.0. The molecule has 3 aromatic rings. The van der Waals surface area contributed by atoms with Gasteiger partial charge in [0, 0.05) is 63.4 Å². The number of nitrogens with zero attached hydrogens (tertiary/aromatic N) is 5. The number of benzene rings is 2. The van der Waals surface area contributed by atoms with E-state index < -0.39 is 23.0 Å². The van der Waals surface area contributed by atoms with Crippen molar-refractivity contribution in [1.29, 1.82) is 0 Å². The van der Waals surface area contributed by atoms with Crippen molar-refractivity contribution in [3.63, 3.8) is 0 Å². The van der Waals surface area contributed by atoms with E-state index in [1.807, 2.05) is 17.0 Å². The lowest BCUT2D eigenvalue weighted by Gasteiger charge is -2.36. The first-order chi connectivity index (χ1) is 21.3.